The summed E-state index contributed by atoms with van der Waals surface area (Å²) in [4.78, 5) is 14.3. The van der Waals surface area contributed by atoms with Gasteiger partial charge in [0.1, 0.15) is 6.29 Å². The van der Waals surface area contributed by atoms with Crippen molar-refractivity contribution >= 4 is 12.4 Å². The number of pyridine rings is 1. The first-order valence-electron chi connectivity index (χ1n) is 3.78. The van der Waals surface area contributed by atoms with E-state index >= 15 is 0 Å². The lowest BCUT2D eigenvalue weighted by atomic mass is 10.1. The van der Waals surface area contributed by atoms with Crippen molar-refractivity contribution in [1.29, 1.82) is 0 Å². The summed E-state index contributed by atoms with van der Waals surface area (Å²) in [5, 5.41) is 0. The second kappa shape index (κ2) is 3.81. The van der Waals surface area contributed by atoms with Gasteiger partial charge in [-0.2, -0.15) is 0 Å². The maximum Gasteiger partial charge on any atom is 0.145 e. The van der Waals surface area contributed by atoms with Gasteiger partial charge in [-0.25, -0.2) is 0 Å². The van der Waals surface area contributed by atoms with Crippen LogP contribution in [0.2, 0.25) is 0 Å². The van der Waals surface area contributed by atoms with Gasteiger partial charge in [0, 0.05) is 12.4 Å². The molecule has 62 valence electrons. The summed E-state index contributed by atoms with van der Waals surface area (Å²) in [6, 6.07) is 1.89. The molecule has 1 aromatic heterocycles. The van der Waals surface area contributed by atoms with Crippen molar-refractivity contribution in [3.8, 4) is 0 Å². The van der Waals surface area contributed by atoms with E-state index in [0.717, 1.165) is 23.0 Å². The Balaban J connectivity index is 3.04. The molecule has 2 heteroatoms. The Morgan fingerprint density at radius 1 is 1.58 bits per heavy atom. The van der Waals surface area contributed by atoms with Crippen LogP contribution >= 0.6 is 0 Å². The van der Waals surface area contributed by atoms with E-state index in [4.69, 9.17) is 0 Å². The molecule has 1 heterocycles. The van der Waals surface area contributed by atoms with Crippen molar-refractivity contribution in [2.24, 2.45) is 0 Å². The molecule has 0 saturated heterocycles. The Bertz CT molecular complexity index is 315. The lowest BCUT2D eigenvalue weighted by Gasteiger charge is -1.97. The van der Waals surface area contributed by atoms with Gasteiger partial charge in [-0.1, -0.05) is 0 Å². The number of nitrogens with zero attached hydrogens (tertiary/aromatic N) is 1. The van der Waals surface area contributed by atoms with Gasteiger partial charge in [0.2, 0.25) is 0 Å². The van der Waals surface area contributed by atoms with E-state index in [-0.39, 0.29) is 0 Å². The van der Waals surface area contributed by atoms with Crippen LogP contribution in [0.15, 0.2) is 24.0 Å². The fraction of sp³-hybridized carbons (Fsp3) is 0.200. The van der Waals surface area contributed by atoms with E-state index in [1.54, 1.807) is 19.3 Å². The van der Waals surface area contributed by atoms with Crippen molar-refractivity contribution in [1.82, 2.24) is 4.98 Å². The van der Waals surface area contributed by atoms with Crippen molar-refractivity contribution in [2.45, 2.75) is 13.8 Å². The first-order valence-corrected chi connectivity index (χ1v) is 3.78. The number of aromatic nitrogens is 1. The third kappa shape index (κ3) is 2.02. The zero-order valence-electron chi connectivity index (χ0n) is 7.24. The fourth-order valence-corrected chi connectivity index (χ4v) is 0.925. The minimum absolute atomic E-state index is 0.726. The standard InChI is InChI=1S/C10H11NO/c1-8(7-12)5-10-3-4-11-6-9(10)2/h3-7H,1-2H3/b8-5-. The molecule has 0 aliphatic rings. The molecule has 2 nitrogen and oxygen atoms in total. The van der Waals surface area contributed by atoms with Crippen LogP contribution in [0.4, 0.5) is 0 Å². The molecule has 0 aliphatic carbocycles. The van der Waals surface area contributed by atoms with Crippen LogP contribution in [0.3, 0.4) is 0 Å². The summed E-state index contributed by atoms with van der Waals surface area (Å²) in [5.74, 6) is 0. The molecule has 1 rings (SSSR count). The van der Waals surface area contributed by atoms with Crippen LogP contribution < -0.4 is 0 Å². The van der Waals surface area contributed by atoms with Crippen LogP contribution in [-0.4, -0.2) is 11.3 Å². The van der Waals surface area contributed by atoms with Crippen molar-refractivity contribution in [3.05, 3.63) is 35.2 Å². The molecular weight excluding hydrogens is 150 g/mol. The molecular formula is C10H11NO. The fourth-order valence-electron chi connectivity index (χ4n) is 0.925. The Labute approximate surface area is 71.9 Å². The Kier molecular flexibility index (Phi) is 2.75. The summed E-state index contributed by atoms with van der Waals surface area (Å²) in [6.07, 6.45) is 6.20. The minimum Gasteiger partial charge on any atom is -0.298 e. The van der Waals surface area contributed by atoms with Gasteiger partial charge in [0.25, 0.3) is 0 Å². The Morgan fingerprint density at radius 2 is 2.33 bits per heavy atom. The smallest absolute Gasteiger partial charge is 0.145 e. The van der Waals surface area contributed by atoms with Gasteiger partial charge in [0.15, 0.2) is 0 Å². The third-order valence-electron chi connectivity index (χ3n) is 1.63. The van der Waals surface area contributed by atoms with Gasteiger partial charge in [-0.15, -0.1) is 0 Å². The second-order valence-electron chi connectivity index (χ2n) is 2.74. The highest BCUT2D eigenvalue weighted by atomic mass is 16.1. The van der Waals surface area contributed by atoms with E-state index in [1.807, 2.05) is 19.1 Å². The molecule has 0 saturated carbocycles. The average molecular weight is 161 g/mol. The van der Waals surface area contributed by atoms with Gasteiger partial charge in [0.05, 0.1) is 0 Å². The second-order valence-corrected chi connectivity index (χ2v) is 2.74. The predicted molar refractivity (Wildman–Crippen MR) is 48.7 cm³/mol. The van der Waals surface area contributed by atoms with Gasteiger partial charge < -0.3 is 0 Å². The molecule has 0 radical (unpaired) electrons. The first kappa shape index (κ1) is 8.65. The highest BCUT2D eigenvalue weighted by Gasteiger charge is 1.93. The monoisotopic (exact) mass is 161 g/mol. The quantitative estimate of drug-likeness (QED) is 0.490. The summed E-state index contributed by atoms with van der Waals surface area (Å²) in [5.41, 5.74) is 2.86. The zero-order chi connectivity index (χ0) is 8.97. The first-order chi connectivity index (χ1) is 5.74. The lowest BCUT2D eigenvalue weighted by Crippen LogP contribution is -1.83. The number of hydrogen-bond acceptors (Lipinski definition) is 2. The molecule has 0 fully saturated rings. The van der Waals surface area contributed by atoms with E-state index in [0.29, 0.717) is 0 Å². The van der Waals surface area contributed by atoms with E-state index < -0.39 is 0 Å². The SMILES string of the molecule is C/C(C=O)=C/c1ccncc1C. The summed E-state index contributed by atoms with van der Waals surface area (Å²) < 4.78 is 0. The van der Waals surface area contributed by atoms with Crippen LogP contribution in [0, 0.1) is 6.92 Å². The molecule has 0 amide bonds. The minimum atomic E-state index is 0.726. The average Bonchev–Trinajstić information content (AvgIpc) is 2.09. The summed E-state index contributed by atoms with van der Waals surface area (Å²) in [6.45, 7) is 3.75. The Morgan fingerprint density at radius 3 is 2.92 bits per heavy atom. The molecule has 0 aliphatic heterocycles. The normalized spacial score (nSPS) is 11.3. The molecule has 0 N–H and O–H groups in total. The van der Waals surface area contributed by atoms with Crippen molar-refractivity contribution in [3.63, 3.8) is 0 Å². The third-order valence-corrected chi connectivity index (χ3v) is 1.63. The molecule has 0 unspecified atom stereocenters. The zero-order valence-corrected chi connectivity index (χ0v) is 7.24. The molecule has 1 aromatic rings. The lowest BCUT2D eigenvalue weighted by molar-refractivity contribution is -0.104. The highest BCUT2D eigenvalue weighted by molar-refractivity contribution is 5.81. The number of aldehydes is 1. The number of carbonyl (C=O) groups excluding carboxylic acids is 1. The van der Waals surface area contributed by atoms with Crippen molar-refractivity contribution < 1.29 is 4.79 Å². The number of hydrogen-bond donors (Lipinski definition) is 0. The van der Waals surface area contributed by atoms with Crippen LogP contribution in [0.1, 0.15) is 18.1 Å². The molecule has 12 heavy (non-hydrogen) atoms. The maximum absolute atomic E-state index is 10.3. The van der Waals surface area contributed by atoms with Gasteiger partial charge in [-0.3, -0.25) is 9.78 Å². The van der Waals surface area contributed by atoms with Gasteiger partial charge >= 0.3 is 0 Å². The molecule has 0 atom stereocenters. The molecule has 0 aromatic carbocycles. The van der Waals surface area contributed by atoms with Gasteiger partial charge in [-0.05, 0) is 42.7 Å². The summed E-state index contributed by atoms with van der Waals surface area (Å²) in [7, 11) is 0. The number of aryl methyl sites for hydroxylation is 1. The molecule has 0 spiro atoms. The van der Waals surface area contributed by atoms with E-state index in [2.05, 4.69) is 4.98 Å². The number of allylic oxidation sites excluding steroid dienone is 1. The van der Waals surface area contributed by atoms with Crippen molar-refractivity contribution in [2.75, 3.05) is 0 Å². The number of carbonyl (C=O) groups is 1. The molecule has 0 bridgehead atoms. The largest absolute Gasteiger partial charge is 0.298 e. The van der Waals surface area contributed by atoms with Crippen LogP contribution in [0.5, 0.6) is 0 Å². The van der Waals surface area contributed by atoms with Crippen LogP contribution in [-0.2, 0) is 4.79 Å². The summed E-state index contributed by atoms with van der Waals surface area (Å²) >= 11 is 0. The van der Waals surface area contributed by atoms with Crippen LogP contribution in [0.25, 0.3) is 6.08 Å². The van der Waals surface area contributed by atoms with E-state index in [9.17, 15) is 4.79 Å². The van der Waals surface area contributed by atoms with E-state index in [1.165, 1.54) is 0 Å². The Hall–Kier alpha value is -1.44. The number of rotatable bonds is 2. The predicted octanol–water partition coefficient (Wildman–Crippen LogP) is 1.99. The maximum atomic E-state index is 10.3. The topological polar surface area (TPSA) is 30.0 Å². The highest BCUT2D eigenvalue weighted by Crippen LogP contribution is 2.08.